The molecule has 14 heteroatoms. The van der Waals surface area contributed by atoms with Crippen LogP contribution in [-0.2, 0) is 29.1 Å². The first-order valence-electron chi connectivity index (χ1n) is 14.8. The minimum Gasteiger partial charge on any atom is -0.436 e. The van der Waals surface area contributed by atoms with Gasteiger partial charge in [0.1, 0.15) is 16.5 Å². The molecule has 2 heterocycles. The first kappa shape index (κ1) is 34.1. The van der Waals surface area contributed by atoms with Gasteiger partial charge in [-0.2, -0.15) is 0 Å². The van der Waals surface area contributed by atoms with E-state index >= 15 is 0 Å². The van der Waals surface area contributed by atoms with E-state index in [2.05, 4.69) is 15.4 Å². The average Bonchev–Trinajstić information content (AvgIpc) is 3.34. The van der Waals surface area contributed by atoms with Crippen molar-refractivity contribution < 1.29 is 32.3 Å². The molecule has 0 bridgehead atoms. The van der Waals surface area contributed by atoms with Crippen molar-refractivity contribution in [3.05, 3.63) is 39.9 Å². The highest BCUT2D eigenvalue weighted by Gasteiger charge is 2.61. The van der Waals surface area contributed by atoms with Crippen LogP contribution in [0.1, 0.15) is 77.7 Å². The number of hydrogen-bond donors (Lipinski definition) is 3. The number of rotatable bonds is 4. The van der Waals surface area contributed by atoms with Crippen molar-refractivity contribution >= 4 is 57.0 Å². The van der Waals surface area contributed by atoms with Crippen molar-refractivity contribution in [1.82, 2.24) is 20.3 Å². The van der Waals surface area contributed by atoms with Gasteiger partial charge in [-0.05, 0) is 90.3 Å². The Bertz CT molecular complexity index is 1440. The first-order valence-corrected chi connectivity index (χ1v) is 17.1. The lowest BCUT2D eigenvalue weighted by Crippen LogP contribution is -2.57. The average molecular weight is 672 g/mol. The maximum atomic E-state index is 13.7. The predicted octanol–water partition coefficient (Wildman–Crippen LogP) is 4.39. The molecule has 242 valence electrons. The smallest absolute Gasteiger partial charge is 0.408 e. The molecular formula is C30H40Cl2N4O7S. The number of sulfonamides is 1. The molecule has 11 nitrogen and oxygen atoms in total. The van der Waals surface area contributed by atoms with Gasteiger partial charge >= 0.3 is 6.09 Å². The van der Waals surface area contributed by atoms with E-state index in [1.807, 2.05) is 12.2 Å². The Balaban J connectivity index is 1.59. The van der Waals surface area contributed by atoms with Crippen molar-refractivity contribution in [2.75, 3.05) is 6.54 Å². The molecule has 44 heavy (non-hydrogen) atoms. The number of allylic oxidation sites excluding steroid dienone is 1. The fourth-order valence-corrected chi connectivity index (χ4v) is 8.02. The van der Waals surface area contributed by atoms with Crippen LogP contribution in [0.5, 0.6) is 0 Å². The topological polar surface area (TPSA) is 151 Å². The van der Waals surface area contributed by atoms with Gasteiger partial charge < -0.3 is 20.3 Å². The fraction of sp³-hybridized carbons (Fsp3) is 0.600. The summed E-state index contributed by atoms with van der Waals surface area (Å²) < 4.78 is 34.4. The van der Waals surface area contributed by atoms with Gasteiger partial charge in [-0.15, -0.1) is 0 Å². The SMILES string of the molecule is Cc1cc(Cl)cc(Cl)c1S(=O)(=O)NC(=O)[C@@]12C[C@H]1C=CCCCCC[C@H](OC(=O)NC(C)(C)C)C(=O)N1CCC[C@H]1C(=O)N2. The lowest BCUT2D eigenvalue weighted by Gasteiger charge is -2.30. The summed E-state index contributed by atoms with van der Waals surface area (Å²) >= 11 is 12.2. The quantitative estimate of drug-likeness (QED) is 0.402. The molecule has 4 rings (SSSR count). The van der Waals surface area contributed by atoms with Gasteiger partial charge in [0.25, 0.3) is 21.8 Å². The number of carbonyl (C=O) groups is 4. The number of nitrogens with one attached hydrogen (secondary N) is 3. The van der Waals surface area contributed by atoms with Gasteiger partial charge in [-0.1, -0.05) is 41.8 Å². The Hall–Kier alpha value is -2.83. The summed E-state index contributed by atoms with van der Waals surface area (Å²) in [6.45, 7) is 7.19. The summed E-state index contributed by atoms with van der Waals surface area (Å²) in [5.74, 6) is -2.39. The van der Waals surface area contributed by atoms with E-state index in [0.29, 0.717) is 32.1 Å². The second kappa shape index (κ2) is 13.3. The van der Waals surface area contributed by atoms with E-state index in [9.17, 15) is 27.6 Å². The van der Waals surface area contributed by atoms with Crippen LogP contribution >= 0.6 is 23.2 Å². The maximum absolute atomic E-state index is 13.7. The van der Waals surface area contributed by atoms with E-state index in [0.717, 1.165) is 12.8 Å². The summed E-state index contributed by atoms with van der Waals surface area (Å²) in [4.78, 5) is 54.8. The molecule has 4 atom stereocenters. The maximum Gasteiger partial charge on any atom is 0.408 e. The number of amides is 4. The van der Waals surface area contributed by atoms with E-state index in [1.165, 1.54) is 24.0 Å². The first-order chi connectivity index (χ1) is 20.5. The van der Waals surface area contributed by atoms with Crippen LogP contribution in [0.15, 0.2) is 29.2 Å². The Morgan fingerprint density at radius 3 is 2.50 bits per heavy atom. The summed E-state index contributed by atoms with van der Waals surface area (Å²) in [5, 5.41) is 5.61. The van der Waals surface area contributed by atoms with Gasteiger partial charge in [0.05, 0.1) is 5.02 Å². The molecule has 1 aromatic rings. The Labute approximate surface area is 268 Å². The highest BCUT2D eigenvalue weighted by molar-refractivity contribution is 7.90. The number of carbonyl (C=O) groups excluding carboxylic acids is 4. The van der Waals surface area contributed by atoms with Crippen molar-refractivity contribution in [2.45, 2.75) is 107 Å². The van der Waals surface area contributed by atoms with Crippen molar-refractivity contribution in [3.8, 4) is 0 Å². The zero-order valence-corrected chi connectivity index (χ0v) is 27.7. The number of nitrogens with zero attached hydrogens (tertiary/aromatic N) is 1. The molecule has 3 aliphatic rings. The lowest BCUT2D eigenvalue weighted by atomic mass is 10.1. The molecule has 0 spiro atoms. The third-order valence-corrected chi connectivity index (χ3v) is 10.2. The largest absolute Gasteiger partial charge is 0.436 e. The molecule has 0 unspecified atom stereocenters. The molecule has 2 aliphatic heterocycles. The number of ether oxygens (including phenoxy) is 1. The van der Waals surface area contributed by atoms with Gasteiger partial charge in [-0.3, -0.25) is 14.4 Å². The van der Waals surface area contributed by atoms with Gasteiger partial charge in [0.2, 0.25) is 5.91 Å². The summed E-state index contributed by atoms with van der Waals surface area (Å²) in [6.07, 6.45) is 6.20. The van der Waals surface area contributed by atoms with E-state index in [1.54, 1.807) is 20.8 Å². The summed E-state index contributed by atoms with van der Waals surface area (Å²) in [6, 6.07) is 1.79. The number of alkyl carbamates (subject to hydrolysis) is 1. The highest BCUT2D eigenvalue weighted by atomic mass is 35.5. The minimum absolute atomic E-state index is 0.140. The number of hydrogen-bond acceptors (Lipinski definition) is 7. The molecular weight excluding hydrogens is 631 g/mol. The third kappa shape index (κ3) is 7.87. The normalized spacial score (nSPS) is 26.4. The molecule has 0 aromatic heterocycles. The zero-order chi connectivity index (χ0) is 32.4. The van der Waals surface area contributed by atoms with Crippen LogP contribution in [0.2, 0.25) is 10.0 Å². The standard InChI is InChI=1S/C30H40Cl2N4O7S/c1-18-15-20(31)16-21(32)24(18)44(41,42)35-27(39)30-17-19(30)11-8-6-5-7-9-13-23(43-28(40)34-29(2,3)4)26(38)36-14-10-12-22(36)25(37)33-30/h8,11,15-16,19,22-23H,5-7,9-10,12-14,17H2,1-4H3,(H,33,37)(H,34,40)(H,35,39)/t19-,22+,23+,30-/m1/s1. The minimum atomic E-state index is -4.42. The fourth-order valence-electron chi connectivity index (χ4n) is 5.79. The molecule has 0 radical (unpaired) electrons. The van der Waals surface area contributed by atoms with Crippen molar-refractivity contribution in [2.24, 2.45) is 5.92 Å². The van der Waals surface area contributed by atoms with E-state index in [-0.39, 0.29) is 33.5 Å². The number of fused-ring (bicyclic) bond motifs is 2. The zero-order valence-electron chi connectivity index (χ0n) is 25.4. The van der Waals surface area contributed by atoms with Crippen LogP contribution in [0.25, 0.3) is 0 Å². The summed E-state index contributed by atoms with van der Waals surface area (Å²) in [7, 11) is -4.42. The predicted molar refractivity (Wildman–Crippen MR) is 166 cm³/mol. The molecule has 1 aliphatic carbocycles. The monoisotopic (exact) mass is 670 g/mol. The third-order valence-electron chi connectivity index (χ3n) is 8.00. The molecule has 3 N–H and O–H groups in total. The van der Waals surface area contributed by atoms with Gasteiger partial charge in [0.15, 0.2) is 6.10 Å². The Morgan fingerprint density at radius 2 is 1.82 bits per heavy atom. The van der Waals surface area contributed by atoms with Gasteiger partial charge in [-0.25, -0.2) is 17.9 Å². The van der Waals surface area contributed by atoms with Crippen LogP contribution in [0.3, 0.4) is 0 Å². The van der Waals surface area contributed by atoms with Crippen LogP contribution in [-0.4, -0.2) is 66.9 Å². The molecule has 1 aromatic carbocycles. The second-order valence-corrected chi connectivity index (χ2v) is 15.2. The van der Waals surface area contributed by atoms with Crippen LogP contribution in [0.4, 0.5) is 4.79 Å². The summed E-state index contributed by atoms with van der Waals surface area (Å²) in [5.41, 5.74) is -1.84. The van der Waals surface area contributed by atoms with Crippen molar-refractivity contribution in [3.63, 3.8) is 0 Å². The molecule has 4 amide bonds. The Morgan fingerprint density at radius 1 is 1.09 bits per heavy atom. The Kier molecular flexibility index (Phi) is 10.3. The van der Waals surface area contributed by atoms with Gasteiger partial charge in [0, 0.05) is 23.0 Å². The number of benzene rings is 1. The number of aryl methyl sites for hydroxylation is 1. The second-order valence-electron chi connectivity index (χ2n) is 12.8. The number of halogens is 2. The lowest BCUT2D eigenvalue weighted by molar-refractivity contribution is -0.146. The van der Waals surface area contributed by atoms with Crippen molar-refractivity contribution in [1.29, 1.82) is 0 Å². The van der Waals surface area contributed by atoms with Crippen LogP contribution in [0, 0.1) is 12.8 Å². The highest BCUT2D eigenvalue weighted by Crippen LogP contribution is 2.46. The van der Waals surface area contributed by atoms with Crippen LogP contribution < -0.4 is 15.4 Å². The van der Waals surface area contributed by atoms with E-state index in [4.69, 9.17) is 27.9 Å². The van der Waals surface area contributed by atoms with E-state index < -0.39 is 63.0 Å². The molecule has 1 saturated heterocycles. The molecule has 2 fully saturated rings. The molecule has 1 saturated carbocycles.